The minimum Gasteiger partial charge on any atom is -0.376 e. The molecule has 2 atom stereocenters. The first-order valence-electron chi connectivity index (χ1n) is 9.63. The lowest BCUT2D eigenvalue weighted by Crippen LogP contribution is -2.32. The number of nitrogens with zero attached hydrogens (tertiary/aromatic N) is 3. The third-order valence-electron chi connectivity index (χ3n) is 4.89. The number of carbonyl (C=O) groups is 1. The average Bonchev–Trinajstić information content (AvgIpc) is 3.17. The summed E-state index contributed by atoms with van der Waals surface area (Å²) in [6.07, 6.45) is 6.16. The molecule has 1 aromatic carbocycles. The number of para-hydroxylation sites is 2. The fourth-order valence-corrected chi connectivity index (χ4v) is 3.25. The molecule has 3 aromatic rings. The van der Waals surface area contributed by atoms with Crippen molar-refractivity contribution in [3.63, 3.8) is 0 Å². The van der Waals surface area contributed by atoms with Crippen molar-refractivity contribution < 1.29 is 14.3 Å². The summed E-state index contributed by atoms with van der Waals surface area (Å²) in [7, 11) is 0. The van der Waals surface area contributed by atoms with Crippen molar-refractivity contribution in [3.05, 3.63) is 48.9 Å². The number of nitrogens with one attached hydrogen (secondary N) is 1. The number of carbonyl (C=O) groups excluding carboxylic acids is 1. The summed E-state index contributed by atoms with van der Waals surface area (Å²) in [6, 6.07) is 11.6. The highest BCUT2D eigenvalue weighted by atomic mass is 16.5. The molecular formula is C21H24N4O3. The summed E-state index contributed by atoms with van der Waals surface area (Å²) < 4.78 is 13.2. The van der Waals surface area contributed by atoms with E-state index in [1.165, 1.54) is 0 Å². The number of imidazole rings is 1. The van der Waals surface area contributed by atoms with Crippen LogP contribution >= 0.6 is 0 Å². The Morgan fingerprint density at radius 1 is 1.29 bits per heavy atom. The third-order valence-corrected chi connectivity index (χ3v) is 4.89. The molecule has 2 unspecified atom stereocenters. The van der Waals surface area contributed by atoms with Gasteiger partial charge in [-0.05, 0) is 50.5 Å². The van der Waals surface area contributed by atoms with Crippen LogP contribution in [-0.4, -0.2) is 45.9 Å². The molecule has 3 heterocycles. The van der Waals surface area contributed by atoms with Gasteiger partial charge in [0.2, 0.25) is 0 Å². The normalized spacial score (nSPS) is 18.1. The van der Waals surface area contributed by atoms with Gasteiger partial charge in [0.1, 0.15) is 18.2 Å². The monoisotopic (exact) mass is 380 g/mol. The van der Waals surface area contributed by atoms with Crippen molar-refractivity contribution in [2.24, 2.45) is 0 Å². The number of pyridine rings is 1. The van der Waals surface area contributed by atoms with E-state index >= 15 is 0 Å². The smallest absolute Gasteiger partial charge is 0.253 e. The lowest BCUT2D eigenvalue weighted by atomic mass is 10.1. The van der Waals surface area contributed by atoms with Crippen molar-refractivity contribution >= 4 is 22.6 Å². The van der Waals surface area contributed by atoms with Crippen molar-refractivity contribution in [1.82, 2.24) is 14.5 Å². The van der Waals surface area contributed by atoms with Crippen LogP contribution in [0.15, 0.2) is 48.9 Å². The minimum absolute atomic E-state index is 0.0925. The SMILES string of the molecule is CC(OCC1CCCCO1)C(=O)Nc1ccc(-n2cnc3ccccc32)nc1. The summed E-state index contributed by atoms with van der Waals surface area (Å²) in [5.41, 5.74) is 2.52. The van der Waals surface area contributed by atoms with Crippen LogP contribution in [0.3, 0.4) is 0 Å². The molecule has 0 aliphatic carbocycles. The molecule has 1 saturated heterocycles. The second-order valence-corrected chi connectivity index (χ2v) is 6.96. The fraction of sp³-hybridized carbons (Fsp3) is 0.381. The molecule has 146 valence electrons. The number of hydrogen-bond acceptors (Lipinski definition) is 5. The van der Waals surface area contributed by atoms with Gasteiger partial charge in [0.15, 0.2) is 0 Å². The molecule has 1 fully saturated rings. The summed E-state index contributed by atoms with van der Waals surface area (Å²) in [6.45, 7) is 2.97. The van der Waals surface area contributed by atoms with Crippen LogP contribution in [0.25, 0.3) is 16.9 Å². The molecule has 0 saturated carbocycles. The highest BCUT2D eigenvalue weighted by molar-refractivity contribution is 5.93. The van der Waals surface area contributed by atoms with Crippen molar-refractivity contribution in [2.75, 3.05) is 18.5 Å². The molecule has 1 N–H and O–H groups in total. The molecule has 4 rings (SSSR count). The zero-order valence-corrected chi connectivity index (χ0v) is 15.9. The number of amides is 1. The largest absolute Gasteiger partial charge is 0.376 e. The van der Waals surface area contributed by atoms with Gasteiger partial charge >= 0.3 is 0 Å². The number of aromatic nitrogens is 3. The molecule has 28 heavy (non-hydrogen) atoms. The number of hydrogen-bond donors (Lipinski definition) is 1. The molecule has 2 aromatic heterocycles. The Morgan fingerprint density at radius 3 is 2.96 bits per heavy atom. The molecular weight excluding hydrogens is 356 g/mol. The van der Waals surface area contributed by atoms with Crippen LogP contribution < -0.4 is 5.32 Å². The van der Waals surface area contributed by atoms with Gasteiger partial charge < -0.3 is 14.8 Å². The van der Waals surface area contributed by atoms with Crippen LogP contribution in [0.4, 0.5) is 5.69 Å². The standard InChI is InChI=1S/C21H24N4O3/c1-15(28-13-17-6-4-5-11-27-17)21(26)24-16-9-10-20(22-12-16)25-14-23-18-7-2-3-8-19(18)25/h2-3,7-10,12,14-15,17H,4-6,11,13H2,1H3,(H,24,26). The first-order chi connectivity index (χ1) is 13.7. The van der Waals surface area contributed by atoms with E-state index in [9.17, 15) is 4.79 Å². The number of ether oxygens (including phenoxy) is 2. The molecule has 0 radical (unpaired) electrons. The summed E-state index contributed by atoms with van der Waals surface area (Å²) in [5.74, 6) is 0.545. The van der Waals surface area contributed by atoms with Crippen LogP contribution in [-0.2, 0) is 14.3 Å². The Kier molecular flexibility index (Phi) is 5.64. The summed E-state index contributed by atoms with van der Waals surface area (Å²) >= 11 is 0. The Balaban J connectivity index is 1.35. The summed E-state index contributed by atoms with van der Waals surface area (Å²) in [5, 5.41) is 2.85. The molecule has 0 bridgehead atoms. The van der Waals surface area contributed by atoms with Crippen molar-refractivity contribution in [3.8, 4) is 5.82 Å². The van der Waals surface area contributed by atoms with Crippen molar-refractivity contribution in [2.45, 2.75) is 38.4 Å². The number of anilines is 1. The minimum atomic E-state index is -0.553. The fourth-order valence-electron chi connectivity index (χ4n) is 3.25. The molecule has 7 heteroatoms. The highest BCUT2D eigenvalue weighted by Crippen LogP contribution is 2.18. The van der Waals surface area contributed by atoms with Gasteiger partial charge in [-0.15, -0.1) is 0 Å². The summed E-state index contributed by atoms with van der Waals surface area (Å²) in [4.78, 5) is 21.2. The van der Waals surface area contributed by atoms with E-state index in [0.717, 1.165) is 42.7 Å². The number of fused-ring (bicyclic) bond motifs is 1. The maximum absolute atomic E-state index is 12.4. The molecule has 7 nitrogen and oxygen atoms in total. The second kappa shape index (κ2) is 8.50. The van der Waals surface area contributed by atoms with Crippen LogP contribution in [0.2, 0.25) is 0 Å². The van der Waals surface area contributed by atoms with Gasteiger partial charge in [0.05, 0.1) is 35.6 Å². The maximum atomic E-state index is 12.4. The second-order valence-electron chi connectivity index (χ2n) is 6.96. The highest BCUT2D eigenvalue weighted by Gasteiger charge is 2.19. The van der Waals surface area contributed by atoms with Gasteiger partial charge in [0, 0.05) is 6.61 Å². The van der Waals surface area contributed by atoms with E-state index in [4.69, 9.17) is 9.47 Å². The Morgan fingerprint density at radius 2 is 2.18 bits per heavy atom. The average molecular weight is 380 g/mol. The van der Waals surface area contributed by atoms with E-state index in [0.29, 0.717) is 12.3 Å². The number of benzene rings is 1. The van der Waals surface area contributed by atoms with E-state index < -0.39 is 6.10 Å². The predicted octanol–water partition coefficient (Wildman–Crippen LogP) is 3.33. The van der Waals surface area contributed by atoms with E-state index in [1.54, 1.807) is 19.4 Å². The van der Waals surface area contributed by atoms with E-state index in [-0.39, 0.29) is 12.0 Å². The Labute approximate surface area is 163 Å². The van der Waals surface area contributed by atoms with Gasteiger partial charge in [-0.2, -0.15) is 0 Å². The lowest BCUT2D eigenvalue weighted by molar-refractivity contribution is -0.130. The Bertz CT molecular complexity index is 932. The maximum Gasteiger partial charge on any atom is 0.253 e. The number of rotatable bonds is 6. The topological polar surface area (TPSA) is 78.3 Å². The Hall–Kier alpha value is -2.77. The lowest BCUT2D eigenvalue weighted by Gasteiger charge is -2.23. The van der Waals surface area contributed by atoms with Crippen LogP contribution in [0, 0.1) is 0 Å². The first-order valence-corrected chi connectivity index (χ1v) is 9.63. The third kappa shape index (κ3) is 4.21. The van der Waals surface area contributed by atoms with Crippen LogP contribution in [0.5, 0.6) is 0 Å². The van der Waals surface area contributed by atoms with E-state index in [2.05, 4.69) is 15.3 Å². The van der Waals surface area contributed by atoms with Crippen molar-refractivity contribution in [1.29, 1.82) is 0 Å². The van der Waals surface area contributed by atoms with E-state index in [1.807, 2.05) is 41.0 Å². The predicted molar refractivity (Wildman–Crippen MR) is 106 cm³/mol. The van der Waals surface area contributed by atoms with Gasteiger partial charge in [0.25, 0.3) is 5.91 Å². The quantitative estimate of drug-likeness (QED) is 0.710. The first kappa shape index (κ1) is 18.6. The molecule has 0 spiro atoms. The molecule has 1 aliphatic rings. The van der Waals surface area contributed by atoms with Gasteiger partial charge in [-0.25, -0.2) is 9.97 Å². The van der Waals surface area contributed by atoms with Crippen LogP contribution in [0.1, 0.15) is 26.2 Å². The molecule has 1 aliphatic heterocycles. The molecule has 1 amide bonds. The van der Waals surface area contributed by atoms with Gasteiger partial charge in [-0.3, -0.25) is 9.36 Å². The van der Waals surface area contributed by atoms with Gasteiger partial charge in [-0.1, -0.05) is 12.1 Å². The zero-order chi connectivity index (χ0) is 19.3. The zero-order valence-electron chi connectivity index (χ0n) is 15.9.